The Morgan fingerprint density at radius 2 is 2.15 bits per heavy atom. The molecule has 0 bridgehead atoms. The van der Waals surface area contributed by atoms with Crippen molar-refractivity contribution in [3.63, 3.8) is 0 Å². The van der Waals surface area contributed by atoms with E-state index in [1.807, 2.05) is 12.3 Å². The van der Waals surface area contributed by atoms with Gasteiger partial charge in [-0.3, -0.25) is 4.79 Å². The first kappa shape index (κ1) is 15.0. The second-order valence-electron chi connectivity index (χ2n) is 5.04. The quantitative estimate of drug-likeness (QED) is 0.775. The third-order valence-corrected chi connectivity index (χ3v) is 4.24. The van der Waals surface area contributed by atoms with Crippen LogP contribution in [0, 0.1) is 0 Å². The van der Waals surface area contributed by atoms with Gasteiger partial charge in [0, 0.05) is 6.42 Å². The van der Waals surface area contributed by atoms with Crippen LogP contribution in [0.2, 0.25) is 0 Å². The van der Waals surface area contributed by atoms with Crippen molar-refractivity contribution in [2.24, 2.45) is 0 Å². The summed E-state index contributed by atoms with van der Waals surface area (Å²) in [5.74, 6) is 0.120. The number of thiophene rings is 1. The number of nitrogens with one attached hydrogen (secondary N) is 1. The standard InChI is InChI=1S/C15H21NO3S/c1-3-5-6-12(17)16-14-13(15(18)19-4-2)11(9-20-14)10-7-8-10/h9-10H,3-8H2,1-2H3,(H,16,17). The molecule has 110 valence electrons. The summed E-state index contributed by atoms with van der Waals surface area (Å²) in [6.07, 6.45) is 4.57. The van der Waals surface area contributed by atoms with E-state index in [4.69, 9.17) is 4.74 Å². The molecule has 1 aliphatic rings. The first-order chi connectivity index (χ1) is 9.67. The van der Waals surface area contributed by atoms with Crippen molar-refractivity contribution in [1.82, 2.24) is 0 Å². The fourth-order valence-corrected chi connectivity index (χ4v) is 3.15. The molecule has 2 rings (SSSR count). The van der Waals surface area contributed by atoms with Crippen LogP contribution in [0.4, 0.5) is 5.00 Å². The lowest BCUT2D eigenvalue weighted by Crippen LogP contribution is -2.14. The number of anilines is 1. The lowest BCUT2D eigenvalue weighted by atomic mass is 10.1. The number of unbranched alkanes of at least 4 members (excludes halogenated alkanes) is 1. The molecule has 1 aromatic rings. The number of ether oxygens (including phenoxy) is 1. The molecule has 4 nitrogen and oxygen atoms in total. The minimum absolute atomic E-state index is 0.0263. The molecule has 0 radical (unpaired) electrons. The number of esters is 1. The van der Waals surface area contributed by atoms with Gasteiger partial charge in [-0.05, 0) is 43.0 Å². The Balaban J connectivity index is 2.15. The van der Waals surface area contributed by atoms with Crippen molar-refractivity contribution in [3.8, 4) is 0 Å². The second-order valence-corrected chi connectivity index (χ2v) is 5.92. The Labute approximate surface area is 123 Å². The van der Waals surface area contributed by atoms with Crippen LogP contribution in [-0.2, 0) is 9.53 Å². The summed E-state index contributed by atoms with van der Waals surface area (Å²) in [5, 5.41) is 5.50. The summed E-state index contributed by atoms with van der Waals surface area (Å²) >= 11 is 1.43. The maximum absolute atomic E-state index is 12.1. The van der Waals surface area contributed by atoms with Crippen molar-refractivity contribution in [3.05, 3.63) is 16.5 Å². The van der Waals surface area contributed by atoms with Gasteiger partial charge in [0.1, 0.15) is 5.00 Å². The van der Waals surface area contributed by atoms with Gasteiger partial charge >= 0.3 is 5.97 Å². The topological polar surface area (TPSA) is 55.4 Å². The van der Waals surface area contributed by atoms with E-state index in [1.54, 1.807) is 6.92 Å². The van der Waals surface area contributed by atoms with E-state index in [9.17, 15) is 9.59 Å². The van der Waals surface area contributed by atoms with Gasteiger partial charge in [-0.2, -0.15) is 0 Å². The average molecular weight is 295 g/mol. The summed E-state index contributed by atoms with van der Waals surface area (Å²) in [4.78, 5) is 24.0. The maximum Gasteiger partial charge on any atom is 0.341 e. The predicted molar refractivity (Wildman–Crippen MR) is 80.4 cm³/mol. The Morgan fingerprint density at radius 1 is 1.40 bits per heavy atom. The zero-order valence-electron chi connectivity index (χ0n) is 12.0. The van der Waals surface area contributed by atoms with Crippen LogP contribution in [0.3, 0.4) is 0 Å². The SMILES string of the molecule is CCCCC(=O)Nc1scc(C2CC2)c1C(=O)OCC. The monoisotopic (exact) mass is 295 g/mol. The molecular weight excluding hydrogens is 274 g/mol. The van der Waals surface area contributed by atoms with Crippen LogP contribution in [0.15, 0.2) is 5.38 Å². The van der Waals surface area contributed by atoms with E-state index < -0.39 is 0 Å². The molecule has 1 aromatic heterocycles. The van der Waals surface area contributed by atoms with Crippen molar-refractivity contribution >= 4 is 28.2 Å². The highest BCUT2D eigenvalue weighted by Gasteiger charge is 2.32. The zero-order valence-corrected chi connectivity index (χ0v) is 12.8. The molecule has 0 aromatic carbocycles. The van der Waals surface area contributed by atoms with Crippen molar-refractivity contribution < 1.29 is 14.3 Å². The largest absolute Gasteiger partial charge is 0.462 e. The zero-order chi connectivity index (χ0) is 14.5. The first-order valence-electron chi connectivity index (χ1n) is 7.25. The second kappa shape index (κ2) is 6.88. The molecule has 0 aliphatic heterocycles. The molecule has 1 aliphatic carbocycles. The number of hydrogen-bond acceptors (Lipinski definition) is 4. The van der Waals surface area contributed by atoms with E-state index in [1.165, 1.54) is 11.3 Å². The van der Waals surface area contributed by atoms with Gasteiger partial charge in [-0.15, -0.1) is 11.3 Å². The number of hydrogen-bond donors (Lipinski definition) is 1. The van der Waals surface area contributed by atoms with E-state index in [0.717, 1.165) is 31.2 Å². The van der Waals surface area contributed by atoms with E-state index >= 15 is 0 Å². The number of rotatable bonds is 7. The summed E-state index contributed by atoms with van der Waals surface area (Å²) in [7, 11) is 0. The van der Waals surface area contributed by atoms with Gasteiger partial charge in [-0.25, -0.2) is 4.79 Å². The van der Waals surface area contributed by atoms with Gasteiger partial charge in [0.25, 0.3) is 0 Å². The van der Waals surface area contributed by atoms with Gasteiger partial charge in [0.15, 0.2) is 0 Å². The van der Waals surface area contributed by atoms with Crippen molar-refractivity contribution in [2.75, 3.05) is 11.9 Å². The first-order valence-corrected chi connectivity index (χ1v) is 8.13. The van der Waals surface area contributed by atoms with E-state index in [-0.39, 0.29) is 11.9 Å². The minimum atomic E-state index is -0.318. The molecule has 1 heterocycles. The smallest absolute Gasteiger partial charge is 0.341 e. The highest BCUT2D eigenvalue weighted by atomic mass is 32.1. The maximum atomic E-state index is 12.1. The molecule has 0 atom stereocenters. The van der Waals surface area contributed by atoms with Gasteiger partial charge in [0.2, 0.25) is 5.91 Å². The Bertz CT molecular complexity index is 491. The predicted octanol–water partition coefficient (Wildman–Crippen LogP) is 3.93. The molecular formula is C15H21NO3S. The van der Waals surface area contributed by atoms with Gasteiger partial charge in [-0.1, -0.05) is 13.3 Å². The Kier molecular flexibility index (Phi) is 5.17. The molecule has 1 fully saturated rings. The number of carbonyl (C=O) groups is 2. The number of carbonyl (C=O) groups excluding carboxylic acids is 2. The van der Waals surface area contributed by atoms with Crippen LogP contribution in [0.1, 0.15) is 67.8 Å². The van der Waals surface area contributed by atoms with Crippen LogP contribution in [0.25, 0.3) is 0 Å². The fraction of sp³-hybridized carbons (Fsp3) is 0.600. The third kappa shape index (κ3) is 3.60. The molecule has 0 unspecified atom stereocenters. The highest BCUT2D eigenvalue weighted by Crippen LogP contribution is 2.46. The van der Waals surface area contributed by atoms with Crippen molar-refractivity contribution in [2.45, 2.75) is 51.9 Å². The Morgan fingerprint density at radius 3 is 2.75 bits per heavy atom. The lowest BCUT2D eigenvalue weighted by molar-refractivity contribution is -0.116. The van der Waals surface area contributed by atoms with Crippen LogP contribution < -0.4 is 5.32 Å². The number of amides is 1. The van der Waals surface area contributed by atoms with E-state index in [0.29, 0.717) is 29.5 Å². The fourth-order valence-electron chi connectivity index (χ4n) is 2.10. The molecule has 1 N–H and O–H groups in total. The van der Waals surface area contributed by atoms with Crippen LogP contribution in [0.5, 0.6) is 0 Å². The molecule has 20 heavy (non-hydrogen) atoms. The summed E-state index contributed by atoms with van der Waals surface area (Å²) in [5.41, 5.74) is 1.61. The summed E-state index contributed by atoms with van der Waals surface area (Å²) < 4.78 is 5.12. The van der Waals surface area contributed by atoms with Crippen LogP contribution >= 0.6 is 11.3 Å². The van der Waals surface area contributed by atoms with E-state index in [2.05, 4.69) is 5.32 Å². The molecule has 1 amide bonds. The normalized spacial score (nSPS) is 14.1. The molecule has 0 spiro atoms. The molecule has 5 heteroatoms. The lowest BCUT2D eigenvalue weighted by Gasteiger charge is -2.08. The molecule has 0 saturated heterocycles. The average Bonchev–Trinajstić information content (AvgIpc) is 3.18. The third-order valence-electron chi connectivity index (χ3n) is 3.33. The summed E-state index contributed by atoms with van der Waals surface area (Å²) in [6.45, 7) is 4.19. The van der Waals surface area contributed by atoms with Gasteiger partial charge < -0.3 is 10.1 Å². The highest BCUT2D eigenvalue weighted by molar-refractivity contribution is 7.15. The van der Waals surface area contributed by atoms with Crippen molar-refractivity contribution in [1.29, 1.82) is 0 Å². The van der Waals surface area contributed by atoms with Gasteiger partial charge in [0.05, 0.1) is 12.2 Å². The Hall–Kier alpha value is -1.36. The minimum Gasteiger partial charge on any atom is -0.462 e. The van der Waals surface area contributed by atoms with Crippen LogP contribution in [-0.4, -0.2) is 18.5 Å². The summed E-state index contributed by atoms with van der Waals surface area (Å²) in [6, 6.07) is 0. The molecule has 1 saturated carbocycles.